The van der Waals surface area contributed by atoms with Crippen LogP contribution in [0.5, 0.6) is 0 Å². The van der Waals surface area contributed by atoms with Crippen LogP contribution >= 0.6 is 11.3 Å². The number of nitrogens with one attached hydrogen (secondary N) is 1. The number of hydrogen-bond acceptors (Lipinski definition) is 5. The first-order chi connectivity index (χ1) is 10.1. The summed E-state index contributed by atoms with van der Waals surface area (Å²) in [6, 6.07) is 3.46. The molecule has 1 fully saturated rings. The minimum absolute atomic E-state index is 0.155. The van der Waals surface area contributed by atoms with E-state index < -0.39 is 0 Å². The van der Waals surface area contributed by atoms with Crippen LogP contribution in [-0.4, -0.2) is 16.5 Å². The van der Waals surface area contributed by atoms with Crippen molar-refractivity contribution in [3.63, 3.8) is 0 Å². The molecule has 1 aliphatic rings. The summed E-state index contributed by atoms with van der Waals surface area (Å²) in [5, 5.41) is 15.5. The Morgan fingerprint density at radius 1 is 1.38 bits per heavy atom. The summed E-state index contributed by atoms with van der Waals surface area (Å²) in [5.41, 5.74) is 1.60. The van der Waals surface area contributed by atoms with Crippen molar-refractivity contribution in [3.8, 4) is 0 Å². The van der Waals surface area contributed by atoms with Crippen LogP contribution in [0.1, 0.15) is 37.1 Å². The van der Waals surface area contributed by atoms with Gasteiger partial charge in [-0.1, -0.05) is 19.3 Å². The minimum atomic E-state index is -0.308. The summed E-state index contributed by atoms with van der Waals surface area (Å²) < 4.78 is 0.877. The summed E-state index contributed by atoms with van der Waals surface area (Å²) in [7, 11) is 0. The topological polar surface area (TPSA) is 68.1 Å². The highest BCUT2D eigenvalue weighted by Gasteiger charge is 2.19. The van der Waals surface area contributed by atoms with Gasteiger partial charge < -0.3 is 5.32 Å². The molecule has 5 nitrogen and oxygen atoms in total. The molecule has 112 valence electrons. The highest BCUT2D eigenvalue weighted by molar-refractivity contribution is 7.18. The zero-order valence-electron chi connectivity index (χ0n) is 12.1. The number of fused-ring (bicyclic) bond motifs is 1. The summed E-state index contributed by atoms with van der Waals surface area (Å²) >= 11 is 1.50. The van der Waals surface area contributed by atoms with E-state index in [9.17, 15) is 10.1 Å². The molecule has 0 unspecified atom stereocenters. The van der Waals surface area contributed by atoms with E-state index in [0.29, 0.717) is 11.6 Å². The number of thiazole rings is 1. The summed E-state index contributed by atoms with van der Waals surface area (Å²) in [6.07, 6.45) is 6.32. The van der Waals surface area contributed by atoms with E-state index in [2.05, 4.69) is 10.3 Å². The number of hydrogen-bond donors (Lipinski definition) is 1. The van der Waals surface area contributed by atoms with Gasteiger partial charge in [0.25, 0.3) is 5.69 Å². The van der Waals surface area contributed by atoms with Crippen LogP contribution in [0.25, 0.3) is 10.2 Å². The van der Waals surface area contributed by atoms with Crippen LogP contribution < -0.4 is 5.32 Å². The average molecular weight is 305 g/mol. The van der Waals surface area contributed by atoms with Gasteiger partial charge in [-0.2, -0.15) is 0 Å². The third-order valence-corrected chi connectivity index (χ3v) is 5.05. The predicted octanol–water partition coefficient (Wildman–Crippen LogP) is 4.51. The smallest absolute Gasteiger partial charge is 0.293 e. The van der Waals surface area contributed by atoms with Gasteiger partial charge in [0.05, 0.1) is 20.1 Å². The van der Waals surface area contributed by atoms with Crippen LogP contribution in [0, 0.1) is 23.0 Å². The molecule has 0 radical (unpaired) electrons. The van der Waals surface area contributed by atoms with Crippen molar-refractivity contribution in [2.45, 2.75) is 39.0 Å². The maximum atomic E-state index is 11.3. The Bertz CT molecular complexity index is 662. The minimum Gasteiger partial charge on any atom is -0.379 e. The van der Waals surface area contributed by atoms with Crippen molar-refractivity contribution in [3.05, 3.63) is 27.3 Å². The fraction of sp³-hybridized carbons (Fsp3) is 0.533. The van der Waals surface area contributed by atoms with Gasteiger partial charge in [-0.15, -0.1) is 11.3 Å². The molecular weight excluding hydrogens is 286 g/mol. The van der Waals surface area contributed by atoms with Crippen molar-refractivity contribution >= 4 is 32.9 Å². The number of benzene rings is 1. The second-order valence-electron chi connectivity index (χ2n) is 5.71. The van der Waals surface area contributed by atoms with Crippen LogP contribution in [0.2, 0.25) is 0 Å². The monoisotopic (exact) mass is 305 g/mol. The fourth-order valence-electron chi connectivity index (χ4n) is 3.02. The number of aryl methyl sites for hydroxylation is 1. The first kappa shape index (κ1) is 14.3. The van der Waals surface area contributed by atoms with Gasteiger partial charge in [-0.3, -0.25) is 10.1 Å². The van der Waals surface area contributed by atoms with E-state index >= 15 is 0 Å². The third kappa shape index (κ3) is 3.15. The highest BCUT2D eigenvalue weighted by Crippen LogP contribution is 2.33. The molecule has 1 aliphatic carbocycles. The van der Waals surface area contributed by atoms with E-state index in [-0.39, 0.29) is 10.6 Å². The standard InChI is InChI=1S/C15H19N3O2S/c1-10-17-13-7-12(14(18(19)20)8-15(13)21-10)16-9-11-5-3-2-4-6-11/h7-8,11,16H,2-6,9H2,1H3. The summed E-state index contributed by atoms with van der Waals surface area (Å²) in [5.74, 6) is 0.631. The van der Waals surface area contributed by atoms with Crippen LogP contribution in [-0.2, 0) is 0 Å². The Hall–Kier alpha value is -1.69. The largest absolute Gasteiger partial charge is 0.379 e. The van der Waals surface area contributed by atoms with E-state index in [4.69, 9.17) is 0 Å². The van der Waals surface area contributed by atoms with Gasteiger partial charge in [-0.05, 0) is 31.7 Å². The van der Waals surface area contributed by atoms with Crippen molar-refractivity contribution in [1.29, 1.82) is 0 Å². The Balaban J connectivity index is 1.84. The second kappa shape index (κ2) is 5.97. The van der Waals surface area contributed by atoms with Gasteiger partial charge in [0.2, 0.25) is 0 Å². The maximum absolute atomic E-state index is 11.3. The Morgan fingerprint density at radius 3 is 2.86 bits per heavy atom. The molecule has 0 bridgehead atoms. The van der Waals surface area contributed by atoms with Gasteiger partial charge in [-0.25, -0.2) is 4.98 Å². The summed E-state index contributed by atoms with van der Waals surface area (Å²) in [6.45, 7) is 2.74. The quantitative estimate of drug-likeness (QED) is 0.667. The first-order valence-corrected chi connectivity index (χ1v) is 8.24. The Morgan fingerprint density at radius 2 is 2.14 bits per heavy atom. The van der Waals surface area contributed by atoms with Crippen molar-refractivity contribution in [2.24, 2.45) is 5.92 Å². The second-order valence-corrected chi connectivity index (χ2v) is 6.95. The van der Waals surface area contributed by atoms with E-state index in [1.165, 1.54) is 43.4 Å². The van der Waals surface area contributed by atoms with Crippen molar-refractivity contribution in [2.75, 3.05) is 11.9 Å². The summed E-state index contributed by atoms with van der Waals surface area (Å²) in [4.78, 5) is 15.4. The lowest BCUT2D eigenvalue weighted by atomic mass is 9.89. The number of rotatable bonds is 4. The molecule has 3 rings (SSSR count). The molecule has 0 spiro atoms. The molecule has 1 saturated carbocycles. The maximum Gasteiger partial charge on any atom is 0.293 e. The molecule has 21 heavy (non-hydrogen) atoms. The van der Waals surface area contributed by atoms with Gasteiger partial charge >= 0.3 is 0 Å². The molecule has 0 saturated heterocycles. The molecule has 1 N–H and O–H groups in total. The van der Waals surface area contributed by atoms with Crippen molar-refractivity contribution in [1.82, 2.24) is 4.98 Å². The number of aromatic nitrogens is 1. The predicted molar refractivity (Wildman–Crippen MR) is 86.1 cm³/mol. The van der Waals surface area contributed by atoms with Gasteiger partial charge in [0, 0.05) is 12.6 Å². The van der Waals surface area contributed by atoms with E-state index in [1.807, 2.05) is 13.0 Å². The highest BCUT2D eigenvalue weighted by atomic mass is 32.1. The van der Waals surface area contributed by atoms with Gasteiger partial charge in [0.1, 0.15) is 5.69 Å². The zero-order valence-corrected chi connectivity index (χ0v) is 12.9. The molecule has 0 aliphatic heterocycles. The SMILES string of the molecule is Cc1nc2cc(NCC3CCCCC3)c([N+](=O)[O-])cc2s1. The average Bonchev–Trinajstić information content (AvgIpc) is 2.84. The van der Waals surface area contributed by atoms with Crippen molar-refractivity contribution < 1.29 is 4.92 Å². The fourth-order valence-corrected chi connectivity index (χ4v) is 3.86. The molecule has 6 heteroatoms. The molecule has 0 amide bonds. The lowest BCUT2D eigenvalue weighted by molar-refractivity contribution is -0.383. The lowest BCUT2D eigenvalue weighted by Crippen LogP contribution is -2.17. The number of nitro groups is 1. The first-order valence-electron chi connectivity index (χ1n) is 7.43. The normalized spacial score (nSPS) is 16.2. The Labute approximate surface area is 127 Å². The number of anilines is 1. The molecule has 1 aromatic heterocycles. The van der Waals surface area contributed by atoms with Crippen LogP contribution in [0.4, 0.5) is 11.4 Å². The van der Waals surface area contributed by atoms with E-state index in [1.54, 1.807) is 6.07 Å². The number of nitrogens with zero attached hydrogens (tertiary/aromatic N) is 2. The van der Waals surface area contributed by atoms with Crippen LogP contribution in [0.3, 0.4) is 0 Å². The third-order valence-electron chi connectivity index (χ3n) is 4.12. The van der Waals surface area contributed by atoms with E-state index in [0.717, 1.165) is 21.8 Å². The molecule has 1 heterocycles. The molecule has 1 aromatic carbocycles. The molecule has 2 aromatic rings. The number of nitro benzene ring substituents is 1. The van der Waals surface area contributed by atoms with Gasteiger partial charge in [0.15, 0.2) is 0 Å². The molecular formula is C15H19N3O2S. The Kier molecular flexibility index (Phi) is 4.05. The van der Waals surface area contributed by atoms with Crippen LogP contribution in [0.15, 0.2) is 12.1 Å². The molecule has 0 atom stereocenters. The zero-order chi connectivity index (χ0) is 14.8. The lowest BCUT2D eigenvalue weighted by Gasteiger charge is -2.22.